The summed E-state index contributed by atoms with van der Waals surface area (Å²) in [5, 5.41) is 10.8. The van der Waals surface area contributed by atoms with E-state index in [4.69, 9.17) is 9.47 Å². The van der Waals surface area contributed by atoms with Crippen LogP contribution in [0.4, 0.5) is 5.69 Å². The first-order valence-corrected chi connectivity index (χ1v) is 6.26. The number of carbonyl (C=O) groups excluding carboxylic acids is 1. The van der Waals surface area contributed by atoms with E-state index in [0.717, 1.165) is 0 Å². The van der Waals surface area contributed by atoms with E-state index in [9.17, 15) is 14.9 Å². The first kappa shape index (κ1) is 14.3. The molecule has 20 heavy (non-hydrogen) atoms. The summed E-state index contributed by atoms with van der Waals surface area (Å²) in [4.78, 5) is 24.4. The summed E-state index contributed by atoms with van der Waals surface area (Å²) in [5.74, 6) is 0.0560. The Morgan fingerprint density at radius 2 is 2.30 bits per heavy atom. The predicted octanol–water partition coefficient (Wildman–Crippen LogP) is 1.46. The highest BCUT2D eigenvalue weighted by atomic mass is 16.6. The van der Waals surface area contributed by atoms with E-state index in [1.165, 1.54) is 25.3 Å². The second-order valence-corrected chi connectivity index (χ2v) is 4.57. The van der Waals surface area contributed by atoms with Gasteiger partial charge in [0.05, 0.1) is 30.3 Å². The summed E-state index contributed by atoms with van der Waals surface area (Å²) in [7, 11) is 1.43. The van der Waals surface area contributed by atoms with Gasteiger partial charge in [0.25, 0.3) is 11.6 Å². The van der Waals surface area contributed by atoms with E-state index in [1.54, 1.807) is 4.90 Å². The molecule has 1 heterocycles. The van der Waals surface area contributed by atoms with E-state index >= 15 is 0 Å². The maximum absolute atomic E-state index is 12.5. The van der Waals surface area contributed by atoms with Crippen molar-refractivity contribution >= 4 is 11.6 Å². The molecule has 1 fully saturated rings. The van der Waals surface area contributed by atoms with Crippen molar-refractivity contribution in [2.24, 2.45) is 0 Å². The molecule has 1 saturated heterocycles. The van der Waals surface area contributed by atoms with Gasteiger partial charge in [-0.25, -0.2) is 0 Å². The normalized spacial score (nSPS) is 18.7. The van der Waals surface area contributed by atoms with Crippen LogP contribution >= 0.6 is 0 Å². The molecule has 1 aliphatic rings. The summed E-state index contributed by atoms with van der Waals surface area (Å²) in [5.41, 5.74) is 0.0752. The van der Waals surface area contributed by atoms with Crippen LogP contribution in [-0.4, -0.2) is 48.6 Å². The van der Waals surface area contributed by atoms with Gasteiger partial charge in [-0.05, 0) is 13.0 Å². The second kappa shape index (κ2) is 5.87. The van der Waals surface area contributed by atoms with Crippen LogP contribution < -0.4 is 4.74 Å². The topological polar surface area (TPSA) is 81.9 Å². The van der Waals surface area contributed by atoms with Gasteiger partial charge < -0.3 is 14.4 Å². The number of hydrogen-bond donors (Lipinski definition) is 0. The maximum Gasteiger partial charge on any atom is 0.270 e. The van der Waals surface area contributed by atoms with Gasteiger partial charge in [0.2, 0.25) is 0 Å². The molecule has 1 aliphatic heterocycles. The Bertz CT molecular complexity index is 531. The van der Waals surface area contributed by atoms with Crippen LogP contribution in [0.1, 0.15) is 17.3 Å². The quantitative estimate of drug-likeness (QED) is 0.618. The van der Waals surface area contributed by atoms with E-state index in [0.29, 0.717) is 25.4 Å². The van der Waals surface area contributed by atoms with Crippen LogP contribution in [0, 0.1) is 10.1 Å². The Balaban J connectivity index is 2.31. The Morgan fingerprint density at radius 1 is 1.55 bits per heavy atom. The Kier molecular flexibility index (Phi) is 4.19. The van der Waals surface area contributed by atoms with E-state index in [-0.39, 0.29) is 23.3 Å². The van der Waals surface area contributed by atoms with E-state index in [1.807, 2.05) is 6.92 Å². The van der Waals surface area contributed by atoms with Crippen molar-refractivity contribution < 1.29 is 19.2 Å². The second-order valence-electron chi connectivity index (χ2n) is 4.57. The lowest BCUT2D eigenvalue weighted by Gasteiger charge is -2.31. The average molecular weight is 280 g/mol. The highest BCUT2D eigenvalue weighted by Crippen LogP contribution is 2.25. The lowest BCUT2D eigenvalue weighted by atomic mass is 10.1. The third-order valence-electron chi connectivity index (χ3n) is 3.15. The molecular formula is C13H16N2O5. The molecular weight excluding hydrogens is 264 g/mol. The molecule has 0 N–H and O–H groups in total. The first-order valence-electron chi connectivity index (χ1n) is 6.26. The summed E-state index contributed by atoms with van der Waals surface area (Å²) >= 11 is 0. The Hall–Kier alpha value is -2.15. The molecule has 0 aliphatic carbocycles. The minimum Gasteiger partial charge on any atom is -0.496 e. The summed E-state index contributed by atoms with van der Waals surface area (Å²) in [6.07, 6.45) is -0.0441. The highest BCUT2D eigenvalue weighted by molar-refractivity contribution is 5.97. The van der Waals surface area contributed by atoms with Crippen molar-refractivity contribution in [1.82, 2.24) is 4.90 Å². The number of nitro benzene ring substituents is 1. The summed E-state index contributed by atoms with van der Waals surface area (Å²) in [6, 6.07) is 4.01. The number of benzene rings is 1. The number of morpholine rings is 1. The molecule has 108 valence electrons. The molecule has 0 radical (unpaired) electrons. The number of nitrogens with zero attached hydrogens (tertiary/aromatic N) is 2. The molecule has 2 rings (SSSR count). The highest BCUT2D eigenvalue weighted by Gasteiger charge is 2.26. The molecule has 7 heteroatoms. The summed E-state index contributed by atoms with van der Waals surface area (Å²) in [6.45, 7) is 3.27. The number of methoxy groups -OCH3 is 1. The number of hydrogen-bond acceptors (Lipinski definition) is 5. The first-order chi connectivity index (χ1) is 9.52. The molecule has 1 unspecified atom stereocenters. The molecule has 7 nitrogen and oxygen atoms in total. The van der Waals surface area contributed by atoms with Crippen LogP contribution in [0.25, 0.3) is 0 Å². The largest absolute Gasteiger partial charge is 0.496 e. The number of ether oxygens (including phenoxy) is 2. The van der Waals surface area contributed by atoms with Crippen LogP contribution in [0.15, 0.2) is 18.2 Å². The van der Waals surface area contributed by atoms with Gasteiger partial charge in [0, 0.05) is 25.2 Å². The Morgan fingerprint density at radius 3 is 2.90 bits per heavy atom. The number of carbonyl (C=O) groups is 1. The van der Waals surface area contributed by atoms with Crippen molar-refractivity contribution in [1.29, 1.82) is 0 Å². The van der Waals surface area contributed by atoms with E-state index < -0.39 is 4.92 Å². The molecule has 1 aromatic rings. The van der Waals surface area contributed by atoms with Gasteiger partial charge in [-0.15, -0.1) is 0 Å². The Labute approximate surface area is 116 Å². The van der Waals surface area contributed by atoms with Crippen LogP contribution in [0.3, 0.4) is 0 Å². The predicted molar refractivity (Wildman–Crippen MR) is 71.0 cm³/mol. The standard InChI is InChI=1S/C13H16N2O5/c1-9-8-14(5-6-20-9)13(16)11-7-10(15(17)18)3-4-12(11)19-2/h3-4,7,9H,5-6,8H2,1-2H3. The van der Waals surface area contributed by atoms with Crippen LogP contribution in [0.5, 0.6) is 5.75 Å². The molecule has 0 spiro atoms. The van der Waals surface area contributed by atoms with Gasteiger partial charge in [0.1, 0.15) is 5.75 Å². The lowest BCUT2D eigenvalue weighted by molar-refractivity contribution is -0.384. The average Bonchev–Trinajstić information content (AvgIpc) is 2.45. The van der Waals surface area contributed by atoms with Crippen molar-refractivity contribution in [3.05, 3.63) is 33.9 Å². The minimum absolute atomic E-state index is 0.0441. The fraction of sp³-hybridized carbons (Fsp3) is 0.462. The zero-order chi connectivity index (χ0) is 14.7. The molecule has 0 bridgehead atoms. The zero-order valence-electron chi connectivity index (χ0n) is 11.4. The number of nitro groups is 1. The molecule has 1 aromatic carbocycles. The molecule has 1 atom stereocenters. The number of non-ortho nitro benzene ring substituents is 1. The van der Waals surface area contributed by atoms with Gasteiger partial charge in [-0.3, -0.25) is 14.9 Å². The number of rotatable bonds is 3. The van der Waals surface area contributed by atoms with Crippen molar-refractivity contribution in [3.63, 3.8) is 0 Å². The van der Waals surface area contributed by atoms with Gasteiger partial charge in [-0.1, -0.05) is 0 Å². The van der Waals surface area contributed by atoms with Crippen molar-refractivity contribution in [2.75, 3.05) is 26.8 Å². The monoisotopic (exact) mass is 280 g/mol. The third kappa shape index (κ3) is 2.88. The molecule has 0 aromatic heterocycles. The minimum atomic E-state index is -0.530. The lowest BCUT2D eigenvalue weighted by Crippen LogP contribution is -2.44. The smallest absolute Gasteiger partial charge is 0.270 e. The van der Waals surface area contributed by atoms with Crippen LogP contribution in [0.2, 0.25) is 0 Å². The zero-order valence-corrected chi connectivity index (χ0v) is 11.4. The maximum atomic E-state index is 12.5. The van der Waals surface area contributed by atoms with Gasteiger partial charge in [0.15, 0.2) is 0 Å². The third-order valence-corrected chi connectivity index (χ3v) is 3.15. The summed E-state index contributed by atoms with van der Waals surface area (Å²) < 4.78 is 10.5. The number of amides is 1. The van der Waals surface area contributed by atoms with Gasteiger partial charge in [-0.2, -0.15) is 0 Å². The van der Waals surface area contributed by atoms with Crippen molar-refractivity contribution in [3.8, 4) is 5.75 Å². The van der Waals surface area contributed by atoms with Gasteiger partial charge >= 0.3 is 0 Å². The fourth-order valence-corrected chi connectivity index (χ4v) is 2.15. The van der Waals surface area contributed by atoms with Crippen LogP contribution in [-0.2, 0) is 4.74 Å². The molecule has 0 saturated carbocycles. The fourth-order valence-electron chi connectivity index (χ4n) is 2.15. The van der Waals surface area contributed by atoms with Crippen molar-refractivity contribution in [2.45, 2.75) is 13.0 Å². The molecule has 1 amide bonds. The SMILES string of the molecule is COc1ccc([N+](=O)[O-])cc1C(=O)N1CCOC(C)C1. The van der Waals surface area contributed by atoms with E-state index in [2.05, 4.69) is 0 Å².